The lowest BCUT2D eigenvalue weighted by molar-refractivity contribution is -0.384. The molecule has 58 heavy (non-hydrogen) atoms. The predicted molar refractivity (Wildman–Crippen MR) is 225 cm³/mol. The molecule has 0 heterocycles. The Hall–Kier alpha value is -6.79. The van der Waals surface area contributed by atoms with Crippen LogP contribution in [0.4, 0.5) is 11.4 Å². The molecule has 6 rings (SSSR count). The molecule has 0 unspecified atom stereocenters. The molecule has 0 bridgehead atoms. The average molecular weight is 797 g/mol. The highest BCUT2D eigenvalue weighted by Crippen LogP contribution is 2.28. The van der Waals surface area contributed by atoms with E-state index in [-0.39, 0.29) is 18.5 Å². The van der Waals surface area contributed by atoms with E-state index >= 15 is 0 Å². The van der Waals surface area contributed by atoms with Gasteiger partial charge in [0, 0.05) is 19.0 Å². The van der Waals surface area contributed by atoms with Crippen molar-refractivity contribution < 1.29 is 27.7 Å². The summed E-state index contributed by atoms with van der Waals surface area (Å²) in [6.45, 7) is 2.67. The van der Waals surface area contributed by atoms with Crippen molar-refractivity contribution in [3.8, 4) is 16.9 Å². The first-order chi connectivity index (χ1) is 28.0. The van der Waals surface area contributed by atoms with Gasteiger partial charge in [0.1, 0.15) is 24.1 Å². The minimum atomic E-state index is -4.59. The van der Waals surface area contributed by atoms with Crippen LogP contribution < -0.4 is 20.1 Å². The Kier molecular flexibility index (Phi) is 13.7. The molecule has 0 saturated heterocycles. The van der Waals surface area contributed by atoms with Crippen molar-refractivity contribution >= 4 is 33.2 Å². The van der Waals surface area contributed by atoms with E-state index in [0.29, 0.717) is 36.4 Å². The Morgan fingerprint density at radius 1 is 0.724 bits per heavy atom. The Morgan fingerprint density at radius 2 is 1.34 bits per heavy atom. The summed E-state index contributed by atoms with van der Waals surface area (Å²) >= 11 is 0. The van der Waals surface area contributed by atoms with Gasteiger partial charge in [-0.1, -0.05) is 127 Å². The summed E-state index contributed by atoms with van der Waals surface area (Å²) in [5, 5.41) is 17.7. The van der Waals surface area contributed by atoms with Crippen molar-refractivity contribution in [1.82, 2.24) is 10.0 Å². The summed E-state index contributed by atoms with van der Waals surface area (Å²) in [5.74, 6) is -0.904. The smallest absolute Gasteiger partial charge is 0.293 e. The SMILES string of the molecule is Cc1ccc(CC(=O)N[C@@H](Cc2ccc(OCc3ccc(-c4ccccc4)cc3)cc2)C(=O)NS(=O)(=O)c2ccc(NCCCc3ccccc3)c([N+](=O)[O-])c2)cc1. The number of ether oxygens (including phenoxy) is 1. The van der Waals surface area contributed by atoms with Gasteiger partial charge in [0.05, 0.1) is 16.2 Å². The van der Waals surface area contributed by atoms with Crippen LogP contribution in [0.5, 0.6) is 5.75 Å². The second-order valence-corrected chi connectivity index (χ2v) is 15.6. The van der Waals surface area contributed by atoms with Crippen molar-refractivity contribution in [2.45, 2.75) is 50.2 Å². The summed E-state index contributed by atoms with van der Waals surface area (Å²) in [5.41, 5.74) is 6.39. The van der Waals surface area contributed by atoms with E-state index in [0.717, 1.165) is 40.3 Å². The molecule has 2 amide bonds. The molecule has 12 heteroatoms. The summed E-state index contributed by atoms with van der Waals surface area (Å²) in [6, 6.07) is 44.4. The van der Waals surface area contributed by atoms with Crippen LogP contribution in [0.3, 0.4) is 0 Å². The summed E-state index contributed by atoms with van der Waals surface area (Å²) < 4.78 is 35.1. The number of hydrogen-bond acceptors (Lipinski definition) is 8. The highest BCUT2D eigenvalue weighted by molar-refractivity contribution is 7.90. The fraction of sp³-hybridized carbons (Fsp3) is 0.174. The topological polar surface area (TPSA) is 157 Å². The van der Waals surface area contributed by atoms with Crippen LogP contribution in [0.1, 0.15) is 34.2 Å². The Morgan fingerprint density at radius 3 is 2.02 bits per heavy atom. The normalized spacial score (nSPS) is 11.6. The Balaban J connectivity index is 1.12. The van der Waals surface area contributed by atoms with Gasteiger partial charge in [-0.3, -0.25) is 19.7 Å². The van der Waals surface area contributed by atoms with Crippen LogP contribution in [0.15, 0.2) is 157 Å². The zero-order valence-electron chi connectivity index (χ0n) is 32.0. The monoisotopic (exact) mass is 796 g/mol. The molecule has 6 aromatic rings. The second-order valence-electron chi connectivity index (χ2n) is 13.9. The third-order valence-corrected chi connectivity index (χ3v) is 10.8. The summed E-state index contributed by atoms with van der Waals surface area (Å²) in [7, 11) is -4.59. The van der Waals surface area contributed by atoms with Gasteiger partial charge in [-0.05, 0) is 77.4 Å². The maximum atomic E-state index is 13.7. The van der Waals surface area contributed by atoms with Crippen molar-refractivity contribution in [2.75, 3.05) is 11.9 Å². The molecular weight excluding hydrogens is 753 g/mol. The number of amides is 2. The van der Waals surface area contributed by atoms with E-state index in [2.05, 4.69) is 22.8 Å². The van der Waals surface area contributed by atoms with E-state index in [4.69, 9.17) is 4.74 Å². The largest absolute Gasteiger partial charge is 0.489 e. The molecule has 0 radical (unpaired) electrons. The molecule has 6 aromatic carbocycles. The highest BCUT2D eigenvalue weighted by Gasteiger charge is 2.28. The lowest BCUT2D eigenvalue weighted by atomic mass is 10.0. The van der Waals surface area contributed by atoms with Gasteiger partial charge in [0.15, 0.2) is 0 Å². The summed E-state index contributed by atoms with van der Waals surface area (Å²) in [6.07, 6.45) is 1.36. The minimum Gasteiger partial charge on any atom is -0.489 e. The van der Waals surface area contributed by atoms with E-state index in [9.17, 15) is 28.1 Å². The average Bonchev–Trinajstić information content (AvgIpc) is 3.23. The first kappa shape index (κ1) is 40.9. The van der Waals surface area contributed by atoms with Crippen LogP contribution >= 0.6 is 0 Å². The first-order valence-electron chi connectivity index (χ1n) is 18.9. The number of rotatable bonds is 18. The Bertz CT molecular complexity index is 2430. The van der Waals surface area contributed by atoms with E-state index < -0.39 is 43.4 Å². The number of hydrogen-bond donors (Lipinski definition) is 3. The molecule has 3 N–H and O–H groups in total. The number of nitro benzene ring substituents is 1. The molecule has 11 nitrogen and oxygen atoms in total. The molecule has 1 atom stereocenters. The zero-order valence-corrected chi connectivity index (χ0v) is 32.8. The first-order valence-corrected chi connectivity index (χ1v) is 20.3. The van der Waals surface area contributed by atoms with Crippen molar-refractivity contribution in [3.05, 3.63) is 190 Å². The van der Waals surface area contributed by atoms with E-state index in [1.54, 1.807) is 36.4 Å². The van der Waals surface area contributed by atoms with Gasteiger partial charge in [0.25, 0.3) is 21.6 Å². The second kappa shape index (κ2) is 19.4. The number of nitrogens with one attached hydrogen (secondary N) is 3. The molecular formula is C46H44N4O7S. The molecule has 0 fully saturated rings. The van der Waals surface area contributed by atoms with Crippen molar-refractivity contribution in [2.24, 2.45) is 0 Å². The molecule has 0 aliphatic heterocycles. The van der Waals surface area contributed by atoms with Crippen molar-refractivity contribution in [1.29, 1.82) is 0 Å². The van der Waals surface area contributed by atoms with Gasteiger partial charge in [-0.25, -0.2) is 13.1 Å². The molecule has 0 aromatic heterocycles. The molecule has 0 spiro atoms. The van der Waals surface area contributed by atoms with E-state index in [1.165, 1.54) is 12.1 Å². The van der Waals surface area contributed by atoms with Gasteiger partial charge < -0.3 is 15.4 Å². The maximum Gasteiger partial charge on any atom is 0.293 e. The maximum absolute atomic E-state index is 13.7. The summed E-state index contributed by atoms with van der Waals surface area (Å²) in [4.78, 5) is 37.8. The van der Waals surface area contributed by atoms with Crippen LogP contribution in [-0.4, -0.2) is 37.7 Å². The van der Waals surface area contributed by atoms with Crippen LogP contribution in [0, 0.1) is 17.0 Å². The fourth-order valence-electron chi connectivity index (χ4n) is 6.30. The molecule has 296 valence electrons. The lowest BCUT2D eigenvalue weighted by Crippen LogP contribution is -2.49. The number of aryl methyl sites for hydroxylation is 2. The lowest BCUT2D eigenvalue weighted by Gasteiger charge is -2.19. The molecule has 0 saturated carbocycles. The number of benzene rings is 6. The number of carbonyl (C=O) groups is 2. The third-order valence-electron chi connectivity index (χ3n) is 9.48. The standard InChI is InChI=1S/C46H44N4O7S/c1-33-14-16-36(17-15-33)30-45(51)48-43(29-35-20-24-40(25-21-35)57-32-37-18-22-39(23-19-37)38-12-6-3-7-13-38)46(52)49-58(55,56)41-26-27-42(44(31-41)50(53)54)47-28-8-11-34-9-4-2-5-10-34/h2-7,9-10,12-27,31,43,47H,8,11,28-30,32H2,1H3,(H,48,51)(H,49,52)/t43-/m0/s1. The van der Waals surface area contributed by atoms with Crippen molar-refractivity contribution in [3.63, 3.8) is 0 Å². The molecule has 0 aliphatic rings. The minimum absolute atomic E-state index is 0.0398. The number of carbonyl (C=O) groups excluding carboxylic acids is 2. The quantitative estimate of drug-likeness (QED) is 0.0449. The molecule has 0 aliphatic carbocycles. The number of nitro groups is 1. The van der Waals surface area contributed by atoms with Gasteiger partial charge in [-0.15, -0.1) is 0 Å². The van der Waals surface area contributed by atoms with Crippen LogP contribution in [0.25, 0.3) is 11.1 Å². The van der Waals surface area contributed by atoms with Gasteiger partial charge >= 0.3 is 0 Å². The number of sulfonamides is 1. The van der Waals surface area contributed by atoms with Gasteiger partial charge in [-0.2, -0.15) is 0 Å². The van der Waals surface area contributed by atoms with Crippen LogP contribution in [-0.2, 0) is 45.5 Å². The third kappa shape index (κ3) is 11.6. The zero-order chi connectivity index (χ0) is 40.9. The van der Waals surface area contributed by atoms with Crippen LogP contribution in [0.2, 0.25) is 0 Å². The number of anilines is 1. The van der Waals surface area contributed by atoms with Gasteiger partial charge in [0.2, 0.25) is 5.91 Å². The fourth-order valence-corrected chi connectivity index (χ4v) is 7.33. The highest BCUT2D eigenvalue weighted by atomic mass is 32.2. The predicted octanol–water partition coefficient (Wildman–Crippen LogP) is 7.97. The van der Waals surface area contributed by atoms with E-state index in [1.807, 2.05) is 96.6 Å². The Labute approximate surface area is 338 Å². The number of nitrogens with zero attached hydrogens (tertiary/aromatic N) is 1.